The van der Waals surface area contributed by atoms with Crippen molar-refractivity contribution in [2.24, 2.45) is 0 Å². The van der Waals surface area contributed by atoms with E-state index in [1.807, 2.05) is 0 Å². The van der Waals surface area contributed by atoms with E-state index in [1.54, 1.807) is 18.4 Å². The van der Waals surface area contributed by atoms with E-state index in [9.17, 15) is 4.79 Å². The van der Waals surface area contributed by atoms with Crippen molar-refractivity contribution in [2.75, 3.05) is 25.8 Å². The van der Waals surface area contributed by atoms with Gasteiger partial charge in [0.1, 0.15) is 11.5 Å². The number of ether oxygens (including phenoxy) is 2. The van der Waals surface area contributed by atoms with Crippen molar-refractivity contribution < 1.29 is 14.3 Å². The third kappa shape index (κ3) is 3.99. The SMILES string of the molecule is COc1cc(NC(=O)c2nc(SC)ncc2Cl)c(OC)cc1Cl. The number of nitrogens with one attached hydrogen (secondary N) is 1. The molecule has 0 bridgehead atoms. The van der Waals surface area contributed by atoms with E-state index in [0.29, 0.717) is 27.4 Å². The number of aromatic nitrogens is 2. The number of nitrogens with zero attached hydrogens (tertiary/aromatic N) is 2. The number of anilines is 1. The summed E-state index contributed by atoms with van der Waals surface area (Å²) in [5.74, 6) is 0.302. The van der Waals surface area contributed by atoms with Gasteiger partial charge in [-0.2, -0.15) is 0 Å². The zero-order valence-corrected chi connectivity index (χ0v) is 14.8. The molecule has 6 nitrogen and oxygen atoms in total. The van der Waals surface area contributed by atoms with Crippen molar-refractivity contribution in [1.82, 2.24) is 9.97 Å². The molecule has 0 aliphatic rings. The van der Waals surface area contributed by atoms with Gasteiger partial charge >= 0.3 is 0 Å². The van der Waals surface area contributed by atoms with Gasteiger partial charge < -0.3 is 14.8 Å². The molecule has 0 radical (unpaired) electrons. The summed E-state index contributed by atoms with van der Waals surface area (Å²) in [5.41, 5.74) is 0.459. The van der Waals surface area contributed by atoms with Crippen LogP contribution in [-0.2, 0) is 0 Å². The van der Waals surface area contributed by atoms with Crippen LogP contribution < -0.4 is 14.8 Å². The number of carbonyl (C=O) groups is 1. The van der Waals surface area contributed by atoms with Gasteiger partial charge in [-0.05, 0) is 6.26 Å². The normalized spacial score (nSPS) is 10.3. The molecule has 2 aromatic rings. The summed E-state index contributed by atoms with van der Waals surface area (Å²) < 4.78 is 10.4. The van der Waals surface area contributed by atoms with Crippen LogP contribution in [0.3, 0.4) is 0 Å². The van der Waals surface area contributed by atoms with Crippen LogP contribution in [-0.4, -0.2) is 36.4 Å². The fourth-order valence-corrected chi connectivity index (χ4v) is 2.50. The van der Waals surface area contributed by atoms with Gasteiger partial charge in [0.15, 0.2) is 10.9 Å². The van der Waals surface area contributed by atoms with Crippen LogP contribution >= 0.6 is 35.0 Å². The number of amides is 1. The summed E-state index contributed by atoms with van der Waals surface area (Å²) in [5, 5.41) is 3.65. The van der Waals surface area contributed by atoms with Crippen molar-refractivity contribution >= 4 is 46.6 Å². The van der Waals surface area contributed by atoms with Crippen LogP contribution in [0.5, 0.6) is 11.5 Å². The van der Waals surface area contributed by atoms with E-state index in [1.165, 1.54) is 32.2 Å². The monoisotopic (exact) mass is 373 g/mol. The molecule has 0 unspecified atom stereocenters. The lowest BCUT2D eigenvalue weighted by atomic mass is 10.2. The first-order chi connectivity index (χ1) is 11.0. The average Bonchev–Trinajstić information content (AvgIpc) is 2.56. The molecular weight excluding hydrogens is 361 g/mol. The molecule has 0 fully saturated rings. The Balaban J connectivity index is 2.37. The van der Waals surface area contributed by atoms with Crippen LogP contribution in [0.25, 0.3) is 0 Å². The summed E-state index contributed by atoms with van der Waals surface area (Å²) in [4.78, 5) is 20.5. The lowest BCUT2D eigenvalue weighted by Crippen LogP contribution is -2.16. The predicted octanol–water partition coefficient (Wildman–Crippen LogP) is 3.77. The molecule has 0 saturated heterocycles. The molecule has 0 saturated carbocycles. The lowest BCUT2D eigenvalue weighted by Gasteiger charge is -2.13. The number of hydrogen-bond acceptors (Lipinski definition) is 6. The van der Waals surface area contributed by atoms with Gasteiger partial charge in [-0.1, -0.05) is 35.0 Å². The molecule has 122 valence electrons. The summed E-state index contributed by atoms with van der Waals surface area (Å²) in [6, 6.07) is 3.11. The van der Waals surface area contributed by atoms with Crippen LogP contribution in [0.4, 0.5) is 5.69 Å². The van der Waals surface area contributed by atoms with E-state index >= 15 is 0 Å². The van der Waals surface area contributed by atoms with Crippen LogP contribution in [0.1, 0.15) is 10.5 Å². The number of benzene rings is 1. The quantitative estimate of drug-likeness (QED) is 0.634. The van der Waals surface area contributed by atoms with Gasteiger partial charge in [-0.3, -0.25) is 4.79 Å². The molecule has 1 heterocycles. The minimum absolute atomic E-state index is 0.0713. The molecule has 0 aliphatic heterocycles. The Bertz CT molecular complexity index is 743. The van der Waals surface area contributed by atoms with Crippen molar-refractivity contribution in [3.63, 3.8) is 0 Å². The molecule has 2 rings (SSSR count). The maximum absolute atomic E-state index is 12.4. The van der Waals surface area contributed by atoms with E-state index in [-0.39, 0.29) is 10.7 Å². The third-order valence-electron chi connectivity index (χ3n) is 2.84. The second kappa shape index (κ2) is 7.72. The van der Waals surface area contributed by atoms with Gasteiger partial charge in [-0.25, -0.2) is 9.97 Å². The van der Waals surface area contributed by atoms with Gasteiger partial charge in [0.05, 0.1) is 36.1 Å². The smallest absolute Gasteiger partial charge is 0.276 e. The highest BCUT2D eigenvalue weighted by atomic mass is 35.5. The number of rotatable bonds is 5. The molecule has 23 heavy (non-hydrogen) atoms. The topological polar surface area (TPSA) is 73.3 Å². The predicted molar refractivity (Wildman–Crippen MR) is 91.3 cm³/mol. The highest BCUT2D eigenvalue weighted by Gasteiger charge is 2.18. The third-order valence-corrected chi connectivity index (χ3v) is 3.98. The molecule has 1 aromatic heterocycles. The van der Waals surface area contributed by atoms with Crippen LogP contribution in [0.15, 0.2) is 23.5 Å². The molecule has 9 heteroatoms. The molecule has 1 aromatic carbocycles. The number of halogens is 2. The van der Waals surface area contributed by atoms with Crippen LogP contribution in [0, 0.1) is 0 Å². The molecule has 0 atom stereocenters. The second-order valence-corrected chi connectivity index (χ2v) is 5.78. The molecule has 0 aliphatic carbocycles. The zero-order valence-electron chi connectivity index (χ0n) is 12.5. The number of hydrogen-bond donors (Lipinski definition) is 1. The molecule has 1 amide bonds. The largest absolute Gasteiger partial charge is 0.495 e. The summed E-state index contributed by atoms with van der Waals surface area (Å²) in [6.45, 7) is 0. The minimum atomic E-state index is -0.490. The first kappa shape index (κ1) is 17.7. The first-order valence-electron chi connectivity index (χ1n) is 6.29. The number of thioether (sulfide) groups is 1. The Morgan fingerprint density at radius 1 is 1.17 bits per heavy atom. The highest BCUT2D eigenvalue weighted by Crippen LogP contribution is 2.36. The van der Waals surface area contributed by atoms with E-state index in [0.717, 1.165) is 0 Å². The highest BCUT2D eigenvalue weighted by molar-refractivity contribution is 7.98. The second-order valence-electron chi connectivity index (χ2n) is 4.19. The summed E-state index contributed by atoms with van der Waals surface area (Å²) >= 11 is 13.3. The van der Waals surface area contributed by atoms with Crippen LogP contribution in [0.2, 0.25) is 10.0 Å². The maximum atomic E-state index is 12.4. The van der Waals surface area contributed by atoms with Crippen molar-refractivity contribution in [3.05, 3.63) is 34.1 Å². The Labute approximate surface area is 147 Å². The fraction of sp³-hybridized carbons (Fsp3) is 0.214. The van der Waals surface area contributed by atoms with Gasteiger partial charge in [0.25, 0.3) is 5.91 Å². The maximum Gasteiger partial charge on any atom is 0.276 e. The average molecular weight is 374 g/mol. The fourth-order valence-electron chi connectivity index (χ4n) is 1.75. The van der Waals surface area contributed by atoms with Crippen molar-refractivity contribution in [3.8, 4) is 11.5 Å². The Morgan fingerprint density at radius 2 is 1.87 bits per heavy atom. The summed E-state index contributed by atoms with van der Waals surface area (Å²) in [6.07, 6.45) is 3.19. The van der Waals surface area contributed by atoms with E-state index in [2.05, 4.69) is 15.3 Å². The Kier molecular flexibility index (Phi) is 5.92. The van der Waals surface area contributed by atoms with Gasteiger partial charge in [0, 0.05) is 12.1 Å². The number of carbonyl (C=O) groups excluding carboxylic acids is 1. The Hall–Kier alpha value is -1.70. The number of methoxy groups -OCH3 is 2. The molecular formula is C14H13Cl2N3O3S. The lowest BCUT2D eigenvalue weighted by molar-refractivity contribution is 0.102. The van der Waals surface area contributed by atoms with Crippen molar-refractivity contribution in [2.45, 2.75) is 5.16 Å². The first-order valence-corrected chi connectivity index (χ1v) is 8.27. The summed E-state index contributed by atoms with van der Waals surface area (Å²) in [7, 11) is 2.95. The van der Waals surface area contributed by atoms with E-state index < -0.39 is 5.91 Å². The minimum Gasteiger partial charge on any atom is -0.495 e. The van der Waals surface area contributed by atoms with Crippen molar-refractivity contribution in [1.29, 1.82) is 0 Å². The standard InChI is InChI=1S/C14H13Cl2N3O3S/c1-21-10-5-9(11(22-2)4-7(10)15)18-13(20)12-8(16)6-17-14(19-12)23-3/h4-6H,1-3H3,(H,18,20). The molecule has 0 spiro atoms. The Morgan fingerprint density at radius 3 is 2.48 bits per heavy atom. The van der Waals surface area contributed by atoms with Gasteiger partial charge in [-0.15, -0.1) is 0 Å². The van der Waals surface area contributed by atoms with E-state index in [4.69, 9.17) is 32.7 Å². The van der Waals surface area contributed by atoms with Gasteiger partial charge in [0.2, 0.25) is 0 Å². The molecule has 1 N–H and O–H groups in total. The zero-order chi connectivity index (χ0) is 17.0.